The summed E-state index contributed by atoms with van der Waals surface area (Å²) in [5, 5.41) is 9.09. The van der Waals surface area contributed by atoms with Crippen molar-refractivity contribution in [3.05, 3.63) is 29.3 Å². The number of anilines is 1. The summed E-state index contributed by atoms with van der Waals surface area (Å²) in [6.45, 7) is 4.59. The zero-order valence-corrected chi connectivity index (χ0v) is 25.4. The molecule has 0 saturated carbocycles. The fourth-order valence-electron chi connectivity index (χ4n) is 6.83. The number of fused-ring (bicyclic) bond motifs is 5. The van der Waals surface area contributed by atoms with Crippen LogP contribution in [0.5, 0.6) is 0 Å². The van der Waals surface area contributed by atoms with Gasteiger partial charge in [0.15, 0.2) is 0 Å². The molecule has 4 rings (SSSR count). The third kappa shape index (κ3) is 7.05. The average Bonchev–Trinajstić information content (AvgIpc) is 3.29. The average molecular weight is 672 g/mol. The SMILES string of the molecule is C[C@]12CN(CCCCCCS(=O)CCCC(F)(F)C(F)(F)F)C[C@](C)(O1)[C@@H]1C(=O)N(c3ccc(C#N)c(C(F)(F)F)c3)C(=O)C12. The van der Waals surface area contributed by atoms with E-state index in [9.17, 15) is 48.9 Å². The molecule has 2 amide bonds. The van der Waals surface area contributed by atoms with Crippen molar-refractivity contribution < 1.29 is 53.7 Å². The quantitative estimate of drug-likeness (QED) is 0.158. The molecular formula is C29H33F8N3O4S. The van der Waals surface area contributed by atoms with Crippen molar-refractivity contribution in [1.82, 2.24) is 4.90 Å². The van der Waals surface area contributed by atoms with E-state index in [2.05, 4.69) is 4.90 Å². The molecule has 3 aliphatic heterocycles. The van der Waals surface area contributed by atoms with Crippen LogP contribution in [0, 0.1) is 23.2 Å². The lowest BCUT2D eigenvalue weighted by Gasteiger charge is -2.45. The highest BCUT2D eigenvalue weighted by atomic mass is 32.2. The second kappa shape index (κ2) is 12.5. The molecule has 0 N–H and O–H groups in total. The number of ether oxygens (including phenoxy) is 1. The van der Waals surface area contributed by atoms with Gasteiger partial charge in [0.1, 0.15) is 0 Å². The predicted molar refractivity (Wildman–Crippen MR) is 147 cm³/mol. The lowest BCUT2D eigenvalue weighted by molar-refractivity contribution is -0.284. The van der Waals surface area contributed by atoms with Gasteiger partial charge in [0.05, 0.1) is 45.9 Å². The summed E-state index contributed by atoms with van der Waals surface area (Å²) in [7, 11) is -1.50. The Balaban J connectivity index is 1.29. The molecule has 250 valence electrons. The second-order valence-corrected chi connectivity index (χ2v) is 14.0. The van der Waals surface area contributed by atoms with Gasteiger partial charge < -0.3 is 4.74 Å². The zero-order valence-electron chi connectivity index (χ0n) is 24.6. The Morgan fingerprint density at radius 1 is 0.911 bits per heavy atom. The van der Waals surface area contributed by atoms with Gasteiger partial charge in [-0.05, 0) is 57.9 Å². The molecule has 16 heteroatoms. The zero-order chi connectivity index (χ0) is 33.6. The van der Waals surface area contributed by atoms with E-state index >= 15 is 0 Å². The van der Waals surface area contributed by atoms with Crippen LogP contribution in [0.2, 0.25) is 0 Å². The number of carbonyl (C=O) groups excluding carboxylic acids is 2. The first kappa shape index (κ1) is 35.2. The highest BCUT2D eigenvalue weighted by Crippen LogP contribution is 2.55. The van der Waals surface area contributed by atoms with Crippen molar-refractivity contribution in [3.63, 3.8) is 0 Å². The fraction of sp³-hybridized carbons (Fsp3) is 0.690. The van der Waals surface area contributed by atoms with Crippen LogP contribution in [0.25, 0.3) is 0 Å². The largest absolute Gasteiger partial charge is 0.453 e. The van der Waals surface area contributed by atoms with Gasteiger partial charge in [-0.2, -0.15) is 40.4 Å². The molecular weight excluding hydrogens is 638 g/mol. The molecule has 1 aromatic carbocycles. The number of hydrogen-bond acceptors (Lipinski definition) is 6. The van der Waals surface area contributed by atoms with Crippen LogP contribution in [-0.2, 0) is 31.3 Å². The summed E-state index contributed by atoms with van der Waals surface area (Å²) >= 11 is 0. The van der Waals surface area contributed by atoms with Crippen LogP contribution in [-0.4, -0.2) is 75.4 Å². The lowest BCUT2D eigenvalue weighted by atomic mass is 9.79. The summed E-state index contributed by atoms with van der Waals surface area (Å²) in [5.41, 5.74) is -4.29. The van der Waals surface area contributed by atoms with Crippen LogP contribution in [0.15, 0.2) is 18.2 Å². The predicted octanol–water partition coefficient (Wildman–Crippen LogP) is 5.83. The van der Waals surface area contributed by atoms with Gasteiger partial charge in [-0.3, -0.25) is 18.7 Å². The smallest absolute Gasteiger partial charge is 0.365 e. The minimum absolute atomic E-state index is 0.194. The van der Waals surface area contributed by atoms with Gasteiger partial charge in [0.25, 0.3) is 0 Å². The standard InChI is InChI=1S/C29H33F8N3O4S/c1-25-16-39(11-5-3-4-6-12-45(43)13-7-10-27(30,31)29(35,36)37)17-26(2,44-25)22-21(25)23(41)40(24(22)42)19-9-8-18(15-38)20(14-19)28(32,33)34/h8-9,14,21-22H,3-7,10-13,16-17H2,1-2H3/t21-,22?,25-,26+,45?/m0/s1. The Morgan fingerprint density at radius 2 is 1.47 bits per heavy atom. The molecule has 3 heterocycles. The molecule has 3 saturated heterocycles. The van der Waals surface area contributed by atoms with Crippen LogP contribution in [0.4, 0.5) is 40.8 Å². The van der Waals surface area contributed by atoms with Gasteiger partial charge in [-0.25, -0.2) is 4.90 Å². The molecule has 7 nitrogen and oxygen atoms in total. The van der Waals surface area contributed by atoms with E-state index in [0.717, 1.165) is 17.0 Å². The normalized spacial score (nSPS) is 28.0. The number of rotatable bonds is 12. The number of morpholine rings is 1. The third-order valence-corrected chi connectivity index (χ3v) is 10.2. The van der Waals surface area contributed by atoms with Gasteiger partial charge >= 0.3 is 18.3 Å². The van der Waals surface area contributed by atoms with Crippen molar-refractivity contribution in [1.29, 1.82) is 5.26 Å². The van der Waals surface area contributed by atoms with Crippen LogP contribution in [0.3, 0.4) is 0 Å². The number of imide groups is 1. The number of benzene rings is 1. The Labute approximate surface area is 257 Å². The van der Waals surface area contributed by atoms with Crippen LogP contribution in [0.1, 0.15) is 63.5 Å². The molecule has 0 radical (unpaired) electrons. The van der Waals surface area contributed by atoms with Gasteiger partial charge in [0.2, 0.25) is 11.8 Å². The molecule has 5 atom stereocenters. The van der Waals surface area contributed by atoms with Crippen molar-refractivity contribution in [2.24, 2.45) is 11.8 Å². The summed E-state index contributed by atoms with van der Waals surface area (Å²) in [6, 6.07) is 4.21. The first-order chi connectivity index (χ1) is 20.7. The molecule has 0 aromatic heterocycles. The maximum atomic E-state index is 13.6. The highest BCUT2D eigenvalue weighted by Gasteiger charge is 2.71. The molecule has 45 heavy (non-hydrogen) atoms. The van der Waals surface area contributed by atoms with E-state index in [1.807, 2.05) is 0 Å². The number of halogens is 8. The number of hydrogen-bond donors (Lipinski definition) is 0. The van der Waals surface area contributed by atoms with Crippen molar-refractivity contribution in [2.75, 3.05) is 36.0 Å². The molecule has 0 spiro atoms. The maximum absolute atomic E-state index is 13.6. The topological polar surface area (TPSA) is 90.7 Å². The van der Waals surface area contributed by atoms with E-state index in [0.29, 0.717) is 51.4 Å². The van der Waals surface area contributed by atoms with Crippen molar-refractivity contribution in [2.45, 2.75) is 81.8 Å². The third-order valence-electron chi connectivity index (χ3n) is 8.72. The summed E-state index contributed by atoms with van der Waals surface area (Å²) in [5.74, 6) is -8.00. The van der Waals surface area contributed by atoms with E-state index in [1.54, 1.807) is 13.8 Å². The molecule has 2 unspecified atom stereocenters. The summed E-state index contributed by atoms with van der Waals surface area (Å²) in [4.78, 5) is 30.0. The van der Waals surface area contributed by atoms with E-state index in [1.165, 1.54) is 6.07 Å². The maximum Gasteiger partial charge on any atom is 0.453 e. The number of likely N-dealkylation sites (tertiary alicyclic amines) is 1. The van der Waals surface area contributed by atoms with E-state index in [4.69, 9.17) is 10.00 Å². The summed E-state index contributed by atoms with van der Waals surface area (Å²) in [6.07, 6.45) is -9.80. The van der Waals surface area contributed by atoms with Crippen molar-refractivity contribution >= 4 is 28.3 Å². The number of nitriles is 1. The van der Waals surface area contributed by atoms with E-state index < -0.39 is 87.9 Å². The minimum atomic E-state index is -5.62. The van der Waals surface area contributed by atoms with E-state index in [-0.39, 0.29) is 17.2 Å². The Hall–Kier alpha value is -2.64. The van der Waals surface area contributed by atoms with Crippen molar-refractivity contribution in [3.8, 4) is 6.07 Å². The number of carbonyl (C=O) groups is 2. The summed E-state index contributed by atoms with van der Waals surface area (Å²) < 4.78 is 122. The molecule has 1 aromatic rings. The Morgan fingerprint density at radius 3 is 2.00 bits per heavy atom. The van der Waals surface area contributed by atoms with Gasteiger partial charge in [-0.15, -0.1) is 0 Å². The molecule has 2 bridgehead atoms. The van der Waals surface area contributed by atoms with Crippen LogP contribution >= 0.6 is 0 Å². The molecule has 3 aliphatic rings. The Kier molecular flexibility index (Phi) is 9.80. The van der Waals surface area contributed by atoms with Crippen LogP contribution < -0.4 is 4.90 Å². The number of amides is 2. The second-order valence-electron chi connectivity index (χ2n) is 12.3. The molecule has 3 fully saturated rings. The lowest BCUT2D eigenvalue weighted by Crippen LogP contribution is -2.58. The number of unbranched alkanes of at least 4 members (excludes halogenated alkanes) is 3. The molecule has 0 aliphatic carbocycles. The number of nitrogens with zero attached hydrogens (tertiary/aromatic N) is 3. The Bertz CT molecular complexity index is 1340. The highest BCUT2D eigenvalue weighted by molar-refractivity contribution is 7.84. The fourth-order valence-corrected chi connectivity index (χ4v) is 8.03. The van der Waals surface area contributed by atoms with Gasteiger partial charge in [0, 0.05) is 41.8 Å². The monoisotopic (exact) mass is 671 g/mol. The number of alkyl halides is 8. The van der Waals surface area contributed by atoms with Gasteiger partial charge in [-0.1, -0.05) is 12.8 Å². The first-order valence-electron chi connectivity index (χ1n) is 14.5. The first-order valence-corrected chi connectivity index (χ1v) is 15.9. The minimum Gasteiger partial charge on any atom is -0.365 e.